The molecule has 16 heavy (non-hydrogen) atoms. The summed E-state index contributed by atoms with van der Waals surface area (Å²) in [7, 11) is 1.48. The second kappa shape index (κ2) is 5.41. The van der Waals surface area contributed by atoms with E-state index in [1.807, 2.05) is 11.8 Å². The molecule has 0 bridgehead atoms. The highest BCUT2D eigenvalue weighted by atomic mass is 32.2. The smallest absolute Gasteiger partial charge is 0.306 e. The summed E-state index contributed by atoms with van der Waals surface area (Å²) in [5, 5.41) is 3.50. The summed E-state index contributed by atoms with van der Waals surface area (Å²) in [5.74, 6) is 2.28. The average Bonchev–Trinajstić information content (AvgIpc) is 2.83. The number of hydrogen-bond donors (Lipinski definition) is 1. The molecule has 0 spiro atoms. The number of esters is 1. The van der Waals surface area contributed by atoms with E-state index in [1.165, 1.54) is 45.1 Å². The molecule has 0 radical (unpaired) electrons. The van der Waals surface area contributed by atoms with E-state index in [2.05, 4.69) is 5.32 Å². The van der Waals surface area contributed by atoms with Crippen molar-refractivity contribution >= 4 is 17.7 Å². The Kier molecular flexibility index (Phi) is 4.14. The van der Waals surface area contributed by atoms with Crippen molar-refractivity contribution in [2.75, 3.05) is 25.2 Å². The lowest BCUT2D eigenvalue weighted by Gasteiger charge is -2.15. The summed E-state index contributed by atoms with van der Waals surface area (Å²) in [5.41, 5.74) is 0.288. The molecule has 0 amide bonds. The number of methoxy groups -OCH3 is 1. The number of ether oxygens (including phenoxy) is 1. The van der Waals surface area contributed by atoms with Gasteiger partial charge < -0.3 is 10.1 Å². The molecule has 1 heterocycles. The maximum absolute atomic E-state index is 11.2. The van der Waals surface area contributed by atoms with Gasteiger partial charge >= 0.3 is 5.97 Å². The molecule has 2 fully saturated rings. The molecule has 0 aromatic carbocycles. The zero-order chi connectivity index (χ0) is 11.4. The van der Waals surface area contributed by atoms with Gasteiger partial charge in [0, 0.05) is 11.8 Å². The van der Waals surface area contributed by atoms with Crippen LogP contribution in [0.3, 0.4) is 0 Å². The number of hydrogen-bond acceptors (Lipinski definition) is 4. The van der Waals surface area contributed by atoms with Crippen molar-refractivity contribution in [2.45, 2.75) is 38.1 Å². The van der Waals surface area contributed by atoms with Crippen molar-refractivity contribution in [3.8, 4) is 0 Å². The third-order valence-corrected chi connectivity index (χ3v) is 5.05. The van der Waals surface area contributed by atoms with Crippen LogP contribution >= 0.6 is 11.8 Å². The highest BCUT2D eigenvalue weighted by molar-refractivity contribution is 7.99. The molecular weight excluding hydrogens is 222 g/mol. The first-order valence-corrected chi connectivity index (χ1v) is 7.28. The standard InChI is InChI=1S/C12H21NO2S/c1-15-11(14)7-12(4-5-12)9-16-8-10-3-2-6-13-10/h10,13H,2-9H2,1H3/t10-/m0/s1. The molecule has 3 nitrogen and oxygen atoms in total. The Bertz CT molecular complexity index is 247. The van der Waals surface area contributed by atoms with Crippen LogP contribution in [0.15, 0.2) is 0 Å². The quantitative estimate of drug-likeness (QED) is 0.722. The van der Waals surface area contributed by atoms with Gasteiger partial charge in [0.2, 0.25) is 0 Å². The van der Waals surface area contributed by atoms with Gasteiger partial charge in [0.25, 0.3) is 0 Å². The molecule has 1 aliphatic carbocycles. The van der Waals surface area contributed by atoms with Crippen LogP contribution in [0, 0.1) is 5.41 Å². The fraction of sp³-hybridized carbons (Fsp3) is 0.917. The Balaban J connectivity index is 1.63. The van der Waals surface area contributed by atoms with Gasteiger partial charge in [-0.3, -0.25) is 4.79 Å². The molecule has 1 aliphatic heterocycles. The van der Waals surface area contributed by atoms with E-state index < -0.39 is 0 Å². The van der Waals surface area contributed by atoms with Gasteiger partial charge in [0.1, 0.15) is 0 Å². The minimum atomic E-state index is -0.0444. The van der Waals surface area contributed by atoms with Crippen LogP contribution in [0.25, 0.3) is 0 Å². The van der Waals surface area contributed by atoms with Crippen LogP contribution in [0.5, 0.6) is 0 Å². The summed E-state index contributed by atoms with van der Waals surface area (Å²) >= 11 is 2.00. The molecule has 0 aromatic rings. The first kappa shape index (κ1) is 12.2. The predicted octanol–water partition coefficient (Wildman–Crippen LogP) is 1.81. The number of carbonyl (C=O) groups is 1. The fourth-order valence-corrected chi connectivity index (χ4v) is 3.75. The minimum absolute atomic E-state index is 0.0444. The third kappa shape index (κ3) is 3.39. The summed E-state index contributed by atoms with van der Waals surface area (Å²) in [6.07, 6.45) is 5.66. The first-order chi connectivity index (χ1) is 7.74. The largest absolute Gasteiger partial charge is 0.469 e. The molecule has 4 heteroatoms. The van der Waals surface area contributed by atoms with E-state index in [0.29, 0.717) is 12.5 Å². The minimum Gasteiger partial charge on any atom is -0.469 e. The third-order valence-electron chi connectivity index (χ3n) is 3.59. The zero-order valence-corrected chi connectivity index (χ0v) is 10.8. The molecule has 2 aliphatic rings. The van der Waals surface area contributed by atoms with Crippen LogP contribution in [0.1, 0.15) is 32.1 Å². The van der Waals surface area contributed by atoms with Crippen LogP contribution < -0.4 is 5.32 Å². The van der Waals surface area contributed by atoms with E-state index in [0.717, 1.165) is 5.75 Å². The topological polar surface area (TPSA) is 38.3 Å². The van der Waals surface area contributed by atoms with E-state index in [1.54, 1.807) is 0 Å². The monoisotopic (exact) mass is 243 g/mol. The lowest BCUT2D eigenvalue weighted by atomic mass is 10.1. The molecule has 92 valence electrons. The lowest BCUT2D eigenvalue weighted by molar-refractivity contribution is -0.141. The number of thioether (sulfide) groups is 1. The van der Waals surface area contributed by atoms with E-state index >= 15 is 0 Å². The van der Waals surface area contributed by atoms with Crippen molar-refractivity contribution in [3.63, 3.8) is 0 Å². The van der Waals surface area contributed by atoms with Gasteiger partial charge in [0.05, 0.1) is 13.5 Å². The second-order valence-electron chi connectivity index (χ2n) is 5.06. The molecule has 1 N–H and O–H groups in total. The molecule has 2 rings (SSSR count). The average molecular weight is 243 g/mol. The normalized spacial score (nSPS) is 26.7. The summed E-state index contributed by atoms with van der Waals surface area (Å²) in [6, 6.07) is 0.707. The van der Waals surface area contributed by atoms with Crippen molar-refractivity contribution in [3.05, 3.63) is 0 Å². The van der Waals surface area contributed by atoms with Crippen LogP contribution in [0.2, 0.25) is 0 Å². The Morgan fingerprint density at radius 2 is 2.38 bits per heavy atom. The summed E-state index contributed by atoms with van der Waals surface area (Å²) in [6.45, 7) is 1.18. The lowest BCUT2D eigenvalue weighted by Crippen LogP contribution is -2.24. The number of carbonyl (C=O) groups excluding carboxylic acids is 1. The second-order valence-corrected chi connectivity index (χ2v) is 6.09. The molecule has 1 saturated carbocycles. The summed E-state index contributed by atoms with van der Waals surface area (Å²) < 4.78 is 4.75. The molecule has 1 saturated heterocycles. The van der Waals surface area contributed by atoms with Crippen molar-refractivity contribution < 1.29 is 9.53 Å². The first-order valence-electron chi connectivity index (χ1n) is 6.12. The van der Waals surface area contributed by atoms with Gasteiger partial charge in [-0.15, -0.1) is 0 Å². The van der Waals surface area contributed by atoms with E-state index in [9.17, 15) is 4.79 Å². The van der Waals surface area contributed by atoms with Crippen LogP contribution in [-0.4, -0.2) is 37.2 Å². The fourth-order valence-electron chi connectivity index (χ4n) is 2.24. The van der Waals surface area contributed by atoms with Crippen molar-refractivity contribution in [1.82, 2.24) is 5.32 Å². The Labute approximate surface area is 102 Å². The number of rotatable bonds is 6. The van der Waals surface area contributed by atoms with Crippen molar-refractivity contribution in [1.29, 1.82) is 0 Å². The predicted molar refractivity (Wildman–Crippen MR) is 66.6 cm³/mol. The van der Waals surface area contributed by atoms with E-state index in [4.69, 9.17) is 4.74 Å². The van der Waals surface area contributed by atoms with Gasteiger partial charge in [-0.25, -0.2) is 0 Å². The zero-order valence-electron chi connectivity index (χ0n) is 9.96. The van der Waals surface area contributed by atoms with Crippen LogP contribution in [-0.2, 0) is 9.53 Å². The maximum atomic E-state index is 11.2. The van der Waals surface area contributed by atoms with Gasteiger partial charge in [-0.2, -0.15) is 11.8 Å². The Morgan fingerprint density at radius 3 is 2.94 bits per heavy atom. The van der Waals surface area contributed by atoms with E-state index in [-0.39, 0.29) is 11.4 Å². The number of nitrogens with one attached hydrogen (secondary N) is 1. The molecule has 0 unspecified atom stereocenters. The highest BCUT2D eigenvalue weighted by Gasteiger charge is 2.44. The van der Waals surface area contributed by atoms with Crippen molar-refractivity contribution in [2.24, 2.45) is 5.41 Å². The van der Waals surface area contributed by atoms with Crippen LogP contribution in [0.4, 0.5) is 0 Å². The summed E-state index contributed by atoms with van der Waals surface area (Å²) in [4.78, 5) is 11.2. The maximum Gasteiger partial charge on any atom is 0.306 e. The van der Waals surface area contributed by atoms with Gasteiger partial charge in [0.15, 0.2) is 0 Å². The molecule has 1 atom stereocenters. The Hall–Kier alpha value is -0.220. The molecular formula is C12H21NO2S. The van der Waals surface area contributed by atoms with Gasteiger partial charge in [-0.05, 0) is 43.4 Å². The Morgan fingerprint density at radius 1 is 1.56 bits per heavy atom. The van der Waals surface area contributed by atoms with Gasteiger partial charge in [-0.1, -0.05) is 0 Å². The SMILES string of the molecule is COC(=O)CC1(CSC[C@@H]2CCCN2)CC1. The highest BCUT2D eigenvalue weighted by Crippen LogP contribution is 2.51. The molecule has 0 aromatic heterocycles.